The number of nitrogens with zero attached hydrogens (tertiary/aromatic N) is 1. The Morgan fingerprint density at radius 1 is 0.955 bits per heavy atom. The van der Waals surface area contributed by atoms with Gasteiger partial charge in [0.15, 0.2) is 5.96 Å². The van der Waals surface area contributed by atoms with E-state index in [-0.39, 0.29) is 6.09 Å². The van der Waals surface area contributed by atoms with Gasteiger partial charge in [-0.15, -0.1) is 0 Å². The number of nitrogens with one attached hydrogen (secondary N) is 3. The van der Waals surface area contributed by atoms with E-state index in [2.05, 4.69) is 27.9 Å². The molecular formula is C16H34N4O2. The van der Waals surface area contributed by atoms with Crippen molar-refractivity contribution < 1.29 is 9.53 Å². The van der Waals surface area contributed by atoms with Gasteiger partial charge in [0.05, 0.1) is 0 Å². The Kier molecular flexibility index (Phi) is 11.3. The van der Waals surface area contributed by atoms with Gasteiger partial charge in [-0.25, -0.2) is 4.79 Å². The molecule has 0 aliphatic carbocycles. The van der Waals surface area contributed by atoms with E-state index in [0.717, 1.165) is 31.9 Å². The molecule has 0 atom stereocenters. The second-order valence-electron chi connectivity index (χ2n) is 6.27. The summed E-state index contributed by atoms with van der Waals surface area (Å²) in [6.07, 6.45) is 5.39. The smallest absolute Gasteiger partial charge is 0.407 e. The molecule has 0 aliphatic heterocycles. The molecule has 0 fully saturated rings. The quantitative estimate of drug-likeness (QED) is 0.347. The van der Waals surface area contributed by atoms with Crippen molar-refractivity contribution in [2.24, 2.45) is 4.99 Å². The molecule has 0 saturated heterocycles. The zero-order chi connectivity index (χ0) is 16.8. The molecule has 22 heavy (non-hydrogen) atoms. The average molecular weight is 314 g/mol. The lowest BCUT2D eigenvalue weighted by atomic mass is 10.2. The van der Waals surface area contributed by atoms with Crippen LogP contribution in [0.25, 0.3) is 0 Å². The van der Waals surface area contributed by atoms with Gasteiger partial charge in [-0.05, 0) is 33.6 Å². The Hall–Kier alpha value is -1.46. The number of rotatable bonds is 9. The number of hydrogen-bond acceptors (Lipinski definition) is 3. The first kappa shape index (κ1) is 20.5. The highest BCUT2D eigenvalue weighted by Crippen LogP contribution is 2.06. The molecule has 0 bridgehead atoms. The number of hydrogen-bond donors (Lipinski definition) is 3. The number of alkyl carbamates (subject to hydrolysis) is 1. The third-order valence-electron chi connectivity index (χ3n) is 2.86. The van der Waals surface area contributed by atoms with Crippen molar-refractivity contribution in [3.8, 4) is 0 Å². The summed E-state index contributed by atoms with van der Waals surface area (Å²) in [4.78, 5) is 15.6. The van der Waals surface area contributed by atoms with Gasteiger partial charge in [0.25, 0.3) is 0 Å². The van der Waals surface area contributed by atoms with E-state index in [9.17, 15) is 4.79 Å². The molecule has 0 unspecified atom stereocenters. The number of amides is 1. The highest BCUT2D eigenvalue weighted by molar-refractivity contribution is 5.79. The fraction of sp³-hybridized carbons (Fsp3) is 0.875. The summed E-state index contributed by atoms with van der Waals surface area (Å²) in [5, 5.41) is 9.25. The SMILES string of the molecule is CCCCCCNC(=NC)NCCCNC(=O)OC(C)(C)C. The molecule has 0 spiro atoms. The molecule has 6 nitrogen and oxygen atoms in total. The van der Waals surface area contributed by atoms with Gasteiger partial charge in [-0.2, -0.15) is 0 Å². The summed E-state index contributed by atoms with van der Waals surface area (Å²) in [6, 6.07) is 0. The third-order valence-corrected chi connectivity index (χ3v) is 2.86. The number of carbonyl (C=O) groups is 1. The Morgan fingerprint density at radius 2 is 1.55 bits per heavy atom. The standard InChI is InChI=1S/C16H34N4O2/c1-6-7-8-9-11-18-14(17-5)19-12-10-13-20-15(21)22-16(2,3)4/h6-13H2,1-5H3,(H,20,21)(H2,17,18,19). The van der Waals surface area contributed by atoms with Crippen molar-refractivity contribution >= 4 is 12.1 Å². The number of unbranched alkanes of at least 4 members (excludes halogenated alkanes) is 3. The van der Waals surface area contributed by atoms with Crippen LogP contribution >= 0.6 is 0 Å². The second-order valence-corrected chi connectivity index (χ2v) is 6.27. The van der Waals surface area contributed by atoms with Crippen LogP contribution in [0.1, 0.15) is 59.8 Å². The molecule has 3 N–H and O–H groups in total. The first-order chi connectivity index (χ1) is 10.4. The molecule has 6 heteroatoms. The van der Waals surface area contributed by atoms with Crippen LogP contribution in [0.5, 0.6) is 0 Å². The van der Waals surface area contributed by atoms with Crippen LogP contribution in [0.3, 0.4) is 0 Å². The van der Waals surface area contributed by atoms with E-state index >= 15 is 0 Å². The van der Waals surface area contributed by atoms with Gasteiger partial charge < -0.3 is 20.7 Å². The second kappa shape index (κ2) is 12.1. The third kappa shape index (κ3) is 13.5. The lowest BCUT2D eigenvalue weighted by molar-refractivity contribution is 0.0527. The van der Waals surface area contributed by atoms with Gasteiger partial charge in [0.2, 0.25) is 0 Å². The van der Waals surface area contributed by atoms with Crippen LogP contribution in [0, 0.1) is 0 Å². The summed E-state index contributed by atoms with van der Waals surface area (Å²) in [5.41, 5.74) is -0.452. The largest absolute Gasteiger partial charge is 0.444 e. The molecule has 0 aliphatic rings. The fourth-order valence-electron chi connectivity index (χ4n) is 1.78. The molecule has 0 rings (SSSR count). The molecule has 0 saturated carbocycles. The summed E-state index contributed by atoms with van der Waals surface area (Å²) in [5.74, 6) is 0.814. The van der Waals surface area contributed by atoms with Crippen LogP contribution in [-0.4, -0.2) is 44.3 Å². The number of aliphatic imine (C=N–C) groups is 1. The van der Waals surface area contributed by atoms with Crippen LogP contribution in [0.4, 0.5) is 4.79 Å². The van der Waals surface area contributed by atoms with Crippen LogP contribution in [-0.2, 0) is 4.74 Å². The Balaban J connectivity index is 3.61. The zero-order valence-corrected chi connectivity index (χ0v) is 14.9. The van der Waals surface area contributed by atoms with Crippen LogP contribution in [0.2, 0.25) is 0 Å². The van der Waals surface area contributed by atoms with E-state index < -0.39 is 5.60 Å². The minimum atomic E-state index is -0.452. The van der Waals surface area contributed by atoms with Crippen molar-refractivity contribution in [3.63, 3.8) is 0 Å². The molecule has 1 amide bonds. The minimum Gasteiger partial charge on any atom is -0.444 e. The molecule has 130 valence electrons. The maximum absolute atomic E-state index is 11.4. The van der Waals surface area contributed by atoms with E-state index in [4.69, 9.17) is 4.74 Å². The van der Waals surface area contributed by atoms with Gasteiger partial charge in [-0.1, -0.05) is 26.2 Å². The predicted octanol–water partition coefficient (Wildman–Crippen LogP) is 2.65. The first-order valence-corrected chi connectivity index (χ1v) is 8.30. The lowest BCUT2D eigenvalue weighted by Gasteiger charge is -2.19. The van der Waals surface area contributed by atoms with E-state index in [1.54, 1.807) is 7.05 Å². The van der Waals surface area contributed by atoms with Crippen molar-refractivity contribution in [3.05, 3.63) is 0 Å². The lowest BCUT2D eigenvalue weighted by Crippen LogP contribution is -2.39. The number of carbonyl (C=O) groups excluding carboxylic acids is 1. The van der Waals surface area contributed by atoms with E-state index in [1.807, 2.05) is 20.8 Å². The molecule has 0 radical (unpaired) electrons. The highest BCUT2D eigenvalue weighted by atomic mass is 16.6. The van der Waals surface area contributed by atoms with Crippen molar-refractivity contribution in [2.45, 2.75) is 65.4 Å². The highest BCUT2D eigenvalue weighted by Gasteiger charge is 2.15. The maximum Gasteiger partial charge on any atom is 0.407 e. The van der Waals surface area contributed by atoms with Crippen molar-refractivity contribution in [1.82, 2.24) is 16.0 Å². The van der Waals surface area contributed by atoms with Crippen LogP contribution < -0.4 is 16.0 Å². The summed E-state index contributed by atoms with van der Waals surface area (Å²) in [7, 11) is 1.76. The molecule has 0 aromatic carbocycles. The summed E-state index contributed by atoms with van der Waals surface area (Å²) >= 11 is 0. The molecule has 0 aromatic rings. The Morgan fingerprint density at radius 3 is 2.09 bits per heavy atom. The maximum atomic E-state index is 11.4. The van der Waals surface area contributed by atoms with E-state index in [1.165, 1.54) is 19.3 Å². The zero-order valence-electron chi connectivity index (χ0n) is 14.9. The fourth-order valence-corrected chi connectivity index (χ4v) is 1.78. The van der Waals surface area contributed by atoms with Crippen LogP contribution in [0.15, 0.2) is 4.99 Å². The van der Waals surface area contributed by atoms with Gasteiger partial charge >= 0.3 is 6.09 Å². The molecule has 0 heterocycles. The van der Waals surface area contributed by atoms with Crippen molar-refractivity contribution in [2.75, 3.05) is 26.7 Å². The Labute approximate surface area is 135 Å². The normalized spacial score (nSPS) is 12.0. The predicted molar refractivity (Wildman–Crippen MR) is 92.4 cm³/mol. The van der Waals surface area contributed by atoms with Crippen molar-refractivity contribution in [1.29, 1.82) is 0 Å². The van der Waals surface area contributed by atoms with Gasteiger partial charge in [0.1, 0.15) is 5.60 Å². The first-order valence-electron chi connectivity index (χ1n) is 8.30. The van der Waals surface area contributed by atoms with Gasteiger partial charge in [0, 0.05) is 26.7 Å². The van der Waals surface area contributed by atoms with Gasteiger partial charge in [-0.3, -0.25) is 4.99 Å². The Bertz CT molecular complexity index is 325. The monoisotopic (exact) mass is 314 g/mol. The summed E-state index contributed by atoms with van der Waals surface area (Å²) in [6.45, 7) is 10.0. The van der Waals surface area contributed by atoms with E-state index in [0.29, 0.717) is 6.54 Å². The minimum absolute atomic E-state index is 0.370. The topological polar surface area (TPSA) is 74.8 Å². The summed E-state index contributed by atoms with van der Waals surface area (Å²) < 4.78 is 5.17. The number of guanidine groups is 1. The molecular weight excluding hydrogens is 280 g/mol. The molecule has 0 aromatic heterocycles. The average Bonchev–Trinajstić information content (AvgIpc) is 2.42. The number of ether oxygens (including phenoxy) is 1.